The van der Waals surface area contributed by atoms with Gasteiger partial charge in [0.1, 0.15) is 6.07 Å². The Morgan fingerprint density at radius 1 is 1.21 bits per heavy atom. The Hall–Kier alpha value is -1.67. The van der Waals surface area contributed by atoms with E-state index >= 15 is 0 Å². The first kappa shape index (κ1) is 13.8. The van der Waals surface area contributed by atoms with Crippen LogP contribution in [0.15, 0.2) is 12.1 Å². The molecule has 3 nitrogen and oxygen atoms in total. The number of rotatable bonds is 2. The van der Waals surface area contributed by atoms with E-state index in [0.717, 1.165) is 12.8 Å². The maximum absolute atomic E-state index is 13.9. The van der Waals surface area contributed by atoms with E-state index in [1.54, 1.807) is 6.07 Å². The molecule has 1 aromatic carbocycles. The lowest BCUT2D eigenvalue weighted by atomic mass is 10.0. The van der Waals surface area contributed by atoms with Crippen molar-refractivity contribution in [3.63, 3.8) is 0 Å². The normalized spacial score (nSPS) is 16.7. The quantitative estimate of drug-likeness (QED) is 0.822. The van der Waals surface area contributed by atoms with Gasteiger partial charge in [0.2, 0.25) is 0 Å². The minimum Gasteiger partial charge on any atom is -0.369 e. The molecule has 5 heteroatoms. The van der Waals surface area contributed by atoms with Crippen LogP contribution < -0.4 is 4.90 Å². The van der Waals surface area contributed by atoms with Crippen molar-refractivity contribution in [2.24, 2.45) is 0 Å². The summed E-state index contributed by atoms with van der Waals surface area (Å²) >= 11 is 0. The molecule has 0 saturated carbocycles. The van der Waals surface area contributed by atoms with Gasteiger partial charge in [-0.2, -0.15) is 5.26 Å². The van der Waals surface area contributed by atoms with Crippen molar-refractivity contribution < 1.29 is 8.78 Å². The molecule has 1 aromatic rings. The van der Waals surface area contributed by atoms with Gasteiger partial charge < -0.3 is 9.80 Å². The van der Waals surface area contributed by atoms with Gasteiger partial charge in [-0.15, -0.1) is 0 Å². The third kappa shape index (κ3) is 2.69. The van der Waals surface area contributed by atoms with Gasteiger partial charge in [-0.1, -0.05) is 0 Å². The van der Waals surface area contributed by atoms with Gasteiger partial charge in [-0.25, -0.2) is 8.78 Å². The second kappa shape index (κ2) is 5.54. The lowest BCUT2D eigenvalue weighted by Gasteiger charge is -2.36. The molecular weight excluding hydrogens is 248 g/mol. The molecule has 1 aliphatic rings. The molecule has 0 amide bonds. The van der Waals surface area contributed by atoms with Crippen LogP contribution in [0.1, 0.15) is 18.4 Å². The minimum atomic E-state index is -1.05. The van der Waals surface area contributed by atoms with Crippen molar-refractivity contribution in [2.75, 3.05) is 32.1 Å². The summed E-state index contributed by atoms with van der Waals surface area (Å²) in [5.74, 6) is -1.96. The fourth-order valence-electron chi connectivity index (χ4n) is 2.49. The average Bonchev–Trinajstić information content (AvgIpc) is 2.42. The predicted octanol–water partition coefficient (Wildman–Crippen LogP) is 2.37. The lowest BCUT2D eigenvalue weighted by molar-refractivity contribution is 0.249. The first-order valence-electron chi connectivity index (χ1n) is 6.34. The second-order valence-corrected chi connectivity index (χ2v) is 5.05. The monoisotopic (exact) mass is 265 g/mol. The Labute approximate surface area is 112 Å². The zero-order valence-corrected chi connectivity index (χ0v) is 11.2. The van der Waals surface area contributed by atoms with Crippen LogP contribution in [0.3, 0.4) is 0 Å². The van der Waals surface area contributed by atoms with E-state index in [4.69, 9.17) is 5.26 Å². The van der Waals surface area contributed by atoms with Crippen molar-refractivity contribution in [3.8, 4) is 6.07 Å². The van der Waals surface area contributed by atoms with Crippen LogP contribution in [-0.2, 0) is 0 Å². The van der Waals surface area contributed by atoms with Crippen molar-refractivity contribution in [2.45, 2.75) is 18.9 Å². The zero-order chi connectivity index (χ0) is 14.0. The Morgan fingerprint density at radius 2 is 1.84 bits per heavy atom. The van der Waals surface area contributed by atoms with Gasteiger partial charge >= 0.3 is 0 Å². The SMILES string of the molecule is CN(C)C1CCN(c2ccc(C#N)c(F)c2F)CC1. The van der Waals surface area contributed by atoms with E-state index in [-0.39, 0.29) is 11.3 Å². The molecule has 2 rings (SSSR count). The third-order valence-electron chi connectivity index (χ3n) is 3.72. The smallest absolute Gasteiger partial charge is 0.183 e. The van der Waals surface area contributed by atoms with Gasteiger partial charge in [-0.3, -0.25) is 0 Å². The fourth-order valence-corrected chi connectivity index (χ4v) is 2.49. The number of nitrogens with zero attached hydrogens (tertiary/aromatic N) is 3. The van der Waals surface area contributed by atoms with Crippen molar-refractivity contribution in [1.82, 2.24) is 4.90 Å². The Morgan fingerprint density at radius 3 is 2.37 bits per heavy atom. The summed E-state index contributed by atoms with van der Waals surface area (Å²) in [5.41, 5.74) is 0.0122. The number of anilines is 1. The van der Waals surface area contributed by atoms with Crippen molar-refractivity contribution in [1.29, 1.82) is 5.26 Å². The first-order valence-corrected chi connectivity index (χ1v) is 6.34. The molecule has 1 heterocycles. The number of benzene rings is 1. The molecule has 0 radical (unpaired) electrons. The maximum atomic E-state index is 13.9. The average molecular weight is 265 g/mol. The van der Waals surface area contributed by atoms with Gasteiger partial charge in [0.15, 0.2) is 11.6 Å². The first-order chi connectivity index (χ1) is 9.04. The maximum Gasteiger partial charge on any atom is 0.183 e. The molecule has 19 heavy (non-hydrogen) atoms. The van der Waals surface area contributed by atoms with E-state index in [0.29, 0.717) is 19.1 Å². The molecule has 1 aliphatic heterocycles. The highest BCUT2D eigenvalue weighted by Gasteiger charge is 2.24. The van der Waals surface area contributed by atoms with E-state index in [2.05, 4.69) is 4.90 Å². The van der Waals surface area contributed by atoms with Crippen LogP contribution >= 0.6 is 0 Å². The van der Waals surface area contributed by atoms with Gasteiger partial charge in [0, 0.05) is 19.1 Å². The van der Waals surface area contributed by atoms with Crippen LogP contribution in [0.25, 0.3) is 0 Å². The zero-order valence-electron chi connectivity index (χ0n) is 11.2. The van der Waals surface area contributed by atoms with E-state index in [1.807, 2.05) is 19.0 Å². The molecule has 0 spiro atoms. The van der Waals surface area contributed by atoms with Crippen LogP contribution in [0.4, 0.5) is 14.5 Å². The Balaban J connectivity index is 2.17. The highest BCUT2D eigenvalue weighted by atomic mass is 19.2. The summed E-state index contributed by atoms with van der Waals surface area (Å²) in [4.78, 5) is 4.01. The molecule has 1 saturated heterocycles. The lowest BCUT2D eigenvalue weighted by Crippen LogP contribution is -2.42. The minimum absolute atomic E-state index is 0.246. The summed E-state index contributed by atoms with van der Waals surface area (Å²) in [6, 6.07) is 4.97. The summed E-state index contributed by atoms with van der Waals surface area (Å²) in [5, 5.41) is 8.66. The number of hydrogen-bond donors (Lipinski definition) is 0. The Bertz CT molecular complexity index is 500. The van der Waals surface area contributed by atoms with E-state index in [1.165, 1.54) is 12.1 Å². The summed E-state index contributed by atoms with van der Waals surface area (Å²) in [6.45, 7) is 1.40. The fraction of sp³-hybridized carbons (Fsp3) is 0.500. The van der Waals surface area contributed by atoms with Crippen LogP contribution in [-0.4, -0.2) is 38.1 Å². The third-order valence-corrected chi connectivity index (χ3v) is 3.72. The molecule has 0 atom stereocenters. The van der Waals surface area contributed by atoms with Crippen molar-refractivity contribution in [3.05, 3.63) is 29.3 Å². The molecule has 1 fully saturated rings. The van der Waals surface area contributed by atoms with E-state index in [9.17, 15) is 8.78 Å². The van der Waals surface area contributed by atoms with Gasteiger partial charge in [0.25, 0.3) is 0 Å². The number of hydrogen-bond acceptors (Lipinski definition) is 3. The molecule has 0 unspecified atom stereocenters. The molecule has 0 bridgehead atoms. The molecule has 0 N–H and O–H groups in total. The summed E-state index contributed by atoms with van der Waals surface area (Å²) in [6.07, 6.45) is 1.85. The predicted molar refractivity (Wildman–Crippen MR) is 70.0 cm³/mol. The number of piperidine rings is 1. The second-order valence-electron chi connectivity index (χ2n) is 5.05. The molecule has 102 valence electrons. The largest absolute Gasteiger partial charge is 0.369 e. The van der Waals surface area contributed by atoms with Crippen LogP contribution in [0.5, 0.6) is 0 Å². The van der Waals surface area contributed by atoms with Crippen molar-refractivity contribution >= 4 is 5.69 Å². The van der Waals surface area contributed by atoms with Crippen LogP contribution in [0, 0.1) is 23.0 Å². The Kier molecular flexibility index (Phi) is 4.01. The topological polar surface area (TPSA) is 30.3 Å². The summed E-state index contributed by atoms with van der Waals surface area (Å²) in [7, 11) is 4.06. The molecular formula is C14H17F2N3. The van der Waals surface area contributed by atoms with Crippen LogP contribution in [0.2, 0.25) is 0 Å². The summed E-state index contributed by atoms with van der Waals surface area (Å²) < 4.78 is 27.5. The highest BCUT2D eigenvalue weighted by molar-refractivity contribution is 5.52. The number of nitriles is 1. The van der Waals surface area contributed by atoms with Gasteiger partial charge in [0.05, 0.1) is 11.3 Å². The highest BCUT2D eigenvalue weighted by Crippen LogP contribution is 2.27. The van der Waals surface area contributed by atoms with E-state index < -0.39 is 11.6 Å². The number of halogens is 2. The molecule has 0 aliphatic carbocycles. The van der Waals surface area contributed by atoms with Gasteiger partial charge in [-0.05, 0) is 39.1 Å². The molecule has 0 aromatic heterocycles. The standard InChI is InChI=1S/C14H17F2N3/c1-18(2)11-5-7-19(8-6-11)12-4-3-10(9-17)13(15)14(12)16/h3-4,11H,5-8H2,1-2H3.